The van der Waals surface area contributed by atoms with Crippen molar-refractivity contribution in [1.82, 2.24) is 14.9 Å². The van der Waals surface area contributed by atoms with Crippen molar-refractivity contribution in [2.45, 2.75) is 50.9 Å². The molecule has 1 aliphatic heterocycles. The van der Waals surface area contributed by atoms with Crippen LogP contribution in [-0.4, -0.2) is 42.2 Å². The molecule has 0 spiro atoms. The van der Waals surface area contributed by atoms with Gasteiger partial charge in [-0.3, -0.25) is 4.79 Å². The molecule has 2 heterocycles. The van der Waals surface area contributed by atoms with Crippen LogP contribution in [0.2, 0.25) is 0 Å². The number of carbonyl (C=O) groups is 1. The zero-order valence-electron chi connectivity index (χ0n) is 24.4. The van der Waals surface area contributed by atoms with Crippen LogP contribution < -0.4 is 24.3 Å². The van der Waals surface area contributed by atoms with Crippen LogP contribution in [0.15, 0.2) is 71.9 Å². The molecule has 0 unspecified atom stereocenters. The van der Waals surface area contributed by atoms with E-state index in [1.807, 2.05) is 42.5 Å². The van der Waals surface area contributed by atoms with Gasteiger partial charge in [-0.15, -0.1) is 0 Å². The summed E-state index contributed by atoms with van der Waals surface area (Å²) in [5.41, 5.74) is 5.16. The maximum Gasteiger partial charge on any atom is 0.231 e. The van der Waals surface area contributed by atoms with Crippen molar-refractivity contribution in [2.75, 3.05) is 26.8 Å². The largest absolute Gasteiger partial charge is 0.497 e. The van der Waals surface area contributed by atoms with Gasteiger partial charge in [0.15, 0.2) is 16.7 Å². The number of imidazole rings is 1. The minimum Gasteiger partial charge on any atom is -0.497 e. The molecule has 5 rings (SSSR count). The summed E-state index contributed by atoms with van der Waals surface area (Å²) in [6, 6.07) is 21.9. The maximum absolute atomic E-state index is 12.5. The predicted molar refractivity (Wildman–Crippen MR) is 165 cm³/mol. The molecular weight excluding hydrogens is 550 g/mol. The van der Waals surface area contributed by atoms with Crippen molar-refractivity contribution >= 4 is 17.7 Å². The number of nitrogens with zero attached hydrogens (tertiary/aromatic N) is 2. The predicted octanol–water partition coefficient (Wildman–Crippen LogP) is 6.95. The fraction of sp³-hybridized carbons (Fsp3) is 0.333. The number of thioether (sulfide) groups is 1. The molecule has 4 aromatic rings. The highest BCUT2D eigenvalue weighted by atomic mass is 32.2. The second kappa shape index (κ2) is 14.2. The third-order valence-electron chi connectivity index (χ3n) is 7.06. The van der Waals surface area contributed by atoms with E-state index in [1.54, 1.807) is 26.0 Å². The van der Waals surface area contributed by atoms with E-state index in [0.29, 0.717) is 13.0 Å². The number of nitrogens with one attached hydrogen (secondary N) is 1. The summed E-state index contributed by atoms with van der Waals surface area (Å²) in [4.78, 5) is 17.6. The Morgan fingerprint density at radius 2 is 1.62 bits per heavy atom. The molecular formula is C33H37N3O5S. The van der Waals surface area contributed by atoms with E-state index >= 15 is 0 Å². The van der Waals surface area contributed by atoms with Crippen LogP contribution in [0.1, 0.15) is 38.2 Å². The van der Waals surface area contributed by atoms with Gasteiger partial charge in [0.1, 0.15) is 11.5 Å². The number of benzene rings is 3. The van der Waals surface area contributed by atoms with Crippen molar-refractivity contribution < 1.29 is 23.7 Å². The number of rotatable bonds is 14. The van der Waals surface area contributed by atoms with Crippen LogP contribution in [0.3, 0.4) is 0 Å². The topological polar surface area (TPSA) is 83.8 Å². The second-order valence-electron chi connectivity index (χ2n) is 9.97. The molecule has 1 N–H and O–H groups in total. The molecule has 0 aliphatic carbocycles. The van der Waals surface area contributed by atoms with Gasteiger partial charge in [0.05, 0.1) is 25.6 Å². The molecule has 0 radical (unpaired) electrons. The molecule has 9 heteroatoms. The zero-order chi connectivity index (χ0) is 29.3. The fourth-order valence-corrected chi connectivity index (χ4v) is 5.88. The Morgan fingerprint density at radius 3 is 2.31 bits per heavy atom. The Balaban J connectivity index is 1.23. The Bertz CT molecular complexity index is 1490. The summed E-state index contributed by atoms with van der Waals surface area (Å²) in [7, 11) is 3.35. The van der Waals surface area contributed by atoms with Crippen molar-refractivity contribution in [2.24, 2.45) is 0 Å². The number of methoxy groups -OCH3 is 2. The Morgan fingerprint density at radius 1 is 0.929 bits per heavy atom. The SMILES string of the molecule is CCCn1c(SCCCCC(=O)NCc2ccc3c(c2)OCO3)nc(-c2ccc(OC)cc2)c1-c1ccc(OC)cc1. The highest BCUT2D eigenvalue weighted by Gasteiger charge is 2.20. The summed E-state index contributed by atoms with van der Waals surface area (Å²) in [6.45, 7) is 3.75. The quantitative estimate of drug-likeness (QED) is 0.126. The highest BCUT2D eigenvalue weighted by Crippen LogP contribution is 2.38. The number of unbranched alkanes of at least 4 members (excludes halogenated alkanes) is 1. The van der Waals surface area contributed by atoms with Crippen LogP contribution >= 0.6 is 11.8 Å². The van der Waals surface area contributed by atoms with Crippen LogP contribution in [0.4, 0.5) is 0 Å². The Kier molecular flexibility index (Phi) is 9.92. The van der Waals surface area contributed by atoms with Gasteiger partial charge in [-0.2, -0.15) is 0 Å². The molecule has 0 fully saturated rings. The lowest BCUT2D eigenvalue weighted by molar-refractivity contribution is -0.121. The standard InChI is InChI=1S/C33H37N3O5S/c1-4-18-36-32(25-11-15-27(39-3)16-12-25)31(24-9-13-26(38-2)14-10-24)35-33(36)42-19-6-5-7-30(37)34-21-23-8-17-28-29(20-23)41-22-40-28/h8-17,20H,4-7,18-19,21-22H2,1-3H3,(H,34,37). The summed E-state index contributed by atoms with van der Waals surface area (Å²) in [5, 5.41) is 4.00. The second-order valence-corrected chi connectivity index (χ2v) is 11.0. The molecule has 0 atom stereocenters. The molecule has 220 valence electrons. The van der Waals surface area contributed by atoms with Gasteiger partial charge in [0.25, 0.3) is 0 Å². The first-order valence-electron chi connectivity index (χ1n) is 14.3. The lowest BCUT2D eigenvalue weighted by Gasteiger charge is -2.13. The fourth-order valence-electron chi connectivity index (χ4n) is 4.86. The van der Waals surface area contributed by atoms with E-state index in [9.17, 15) is 4.79 Å². The Labute approximate surface area is 251 Å². The van der Waals surface area contributed by atoms with Crippen LogP contribution in [0.5, 0.6) is 23.0 Å². The third kappa shape index (κ3) is 7.02. The number of aromatic nitrogens is 2. The number of fused-ring (bicyclic) bond motifs is 1. The molecule has 1 aromatic heterocycles. The van der Waals surface area contributed by atoms with Crippen molar-refractivity contribution in [3.8, 4) is 45.5 Å². The summed E-state index contributed by atoms with van der Waals surface area (Å²) in [5.74, 6) is 4.03. The molecule has 0 saturated heterocycles. The third-order valence-corrected chi connectivity index (χ3v) is 8.13. The number of carbonyl (C=O) groups excluding carboxylic acids is 1. The zero-order valence-corrected chi connectivity index (χ0v) is 25.2. The number of hydrogen-bond donors (Lipinski definition) is 1. The molecule has 1 aliphatic rings. The van der Waals surface area contributed by atoms with E-state index in [1.165, 1.54) is 0 Å². The van der Waals surface area contributed by atoms with Gasteiger partial charge in [0.2, 0.25) is 12.7 Å². The first-order valence-corrected chi connectivity index (χ1v) is 15.3. The molecule has 1 amide bonds. The van der Waals surface area contributed by atoms with Crippen molar-refractivity contribution in [3.05, 3.63) is 72.3 Å². The van der Waals surface area contributed by atoms with Crippen LogP contribution in [-0.2, 0) is 17.9 Å². The average Bonchev–Trinajstić information content (AvgIpc) is 3.64. The van der Waals surface area contributed by atoms with E-state index in [0.717, 1.165) is 87.8 Å². The van der Waals surface area contributed by atoms with Gasteiger partial charge >= 0.3 is 0 Å². The van der Waals surface area contributed by atoms with E-state index in [-0.39, 0.29) is 12.7 Å². The summed E-state index contributed by atoms with van der Waals surface area (Å²) >= 11 is 1.74. The minimum absolute atomic E-state index is 0.0498. The van der Waals surface area contributed by atoms with Gasteiger partial charge in [-0.1, -0.05) is 24.8 Å². The first kappa shape index (κ1) is 29.4. The molecule has 3 aromatic carbocycles. The molecule has 0 saturated carbocycles. The number of ether oxygens (including phenoxy) is 4. The van der Waals surface area contributed by atoms with E-state index in [4.69, 9.17) is 23.9 Å². The van der Waals surface area contributed by atoms with Gasteiger partial charge in [0, 0.05) is 36.4 Å². The lowest BCUT2D eigenvalue weighted by atomic mass is 10.0. The molecule has 8 nitrogen and oxygen atoms in total. The summed E-state index contributed by atoms with van der Waals surface area (Å²) in [6.07, 6.45) is 3.20. The van der Waals surface area contributed by atoms with Crippen LogP contribution in [0.25, 0.3) is 22.5 Å². The summed E-state index contributed by atoms with van der Waals surface area (Å²) < 4.78 is 23.9. The normalized spacial score (nSPS) is 11.9. The highest BCUT2D eigenvalue weighted by molar-refractivity contribution is 7.99. The van der Waals surface area contributed by atoms with Gasteiger partial charge in [-0.05, 0) is 85.5 Å². The molecule has 42 heavy (non-hydrogen) atoms. The van der Waals surface area contributed by atoms with Gasteiger partial charge < -0.3 is 28.8 Å². The van der Waals surface area contributed by atoms with Crippen LogP contribution in [0, 0.1) is 0 Å². The smallest absolute Gasteiger partial charge is 0.231 e. The number of amides is 1. The first-order chi connectivity index (χ1) is 20.6. The maximum atomic E-state index is 12.5. The Hall–Kier alpha value is -4.11. The monoisotopic (exact) mass is 587 g/mol. The van der Waals surface area contributed by atoms with E-state index in [2.05, 4.69) is 41.1 Å². The lowest BCUT2D eigenvalue weighted by Crippen LogP contribution is -2.22. The van der Waals surface area contributed by atoms with Crippen molar-refractivity contribution in [3.63, 3.8) is 0 Å². The van der Waals surface area contributed by atoms with Crippen molar-refractivity contribution in [1.29, 1.82) is 0 Å². The minimum atomic E-state index is 0.0498. The van der Waals surface area contributed by atoms with E-state index < -0.39 is 0 Å². The average molecular weight is 588 g/mol. The van der Waals surface area contributed by atoms with Gasteiger partial charge in [-0.25, -0.2) is 4.98 Å². The molecule has 0 bridgehead atoms. The number of hydrogen-bond acceptors (Lipinski definition) is 7.